The number of imidazole rings is 1. The summed E-state index contributed by atoms with van der Waals surface area (Å²) in [6.45, 7) is 4.17. The number of fused-ring (bicyclic) bond motifs is 1. The maximum Gasteiger partial charge on any atom is 0.225 e. The number of H-pyrrole nitrogens is 1. The molecule has 0 aliphatic rings. The van der Waals surface area contributed by atoms with E-state index in [0.29, 0.717) is 6.42 Å². The molecule has 114 valence electrons. The van der Waals surface area contributed by atoms with Crippen molar-refractivity contribution >= 4 is 28.3 Å². The number of hydrogen-bond acceptors (Lipinski definition) is 3. The molecule has 3 aromatic rings. The van der Waals surface area contributed by atoms with Crippen LogP contribution in [0.1, 0.15) is 31.3 Å². The Morgan fingerprint density at radius 2 is 2.14 bits per heavy atom. The molecule has 1 unspecified atom stereocenters. The summed E-state index contributed by atoms with van der Waals surface area (Å²) in [6, 6.07) is 9.78. The first-order valence-corrected chi connectivity index (χ1v) is 8.33. The third-order valence-electron chi connectivity index (χ3n) is 3.63. The lowest BCUT2D eigenvalue weighted by molar-refractivity contribution is -0.121. The van der Waals surface area contributed by atoms with E-state index in [4.69, 9.17) is 0 Å². The number of para-hydroxylation sites is 2. The summed E-state index contributed by atoms with van der Waals surface area (Å²) in [5, 5.41) is 7.10. The fourth-order valence-corrected chi connectivity index (χ4v) is 3.14. The number of amides is 1. The number of aromatic nitrogens is 2. The van der Waals surface area contributed by atoms with Gasteiger partial charge in [0.05, 0.1) is 23.5 Å². The minimum Gasteiger partial charge on any atom is -0.346 e. The lowest BCUT2D eigenvalue weighted by Crippen LogP contribution is -2.33. The highest BCUT2D eigenvalue weighted by Gasteiger charge is 2.21. The Balaban J connectivity index is 1.78. The van der Waals surface area contributed by atoms with Crippen LogP contribution in [-0.2, 0) is 11.2 Å². The average Bonchev–Trinajstić information content (AvgIpc) is 3.12. The van der Waals surface area contributed by atoms with Gasteiger partial charge in [-0.2, -0.15) is 11.3 Å². The van der Waals surface area contributed by atoms with Crippen LogP contribution in [0.4, 0.5) is 0 Å². The maximum absolute atomic E-state index is 12.3. The van der Waals surface area contributed by atoms with Crippen LogP contribution < -0.4 is 5.32 Å². The molecule has 2 aromatic heterocycles. The van der Waals surface area contributed by atoms with Crippen molar-refractivity contribution in [2.24, 2.45) is 5.92 Å². The molecule has 0 saturated heterocycles. The van der Waals surface area contributed by atoms with Gasteiger partial charge < -0.3 is 10.3 Å². The number of hydrogen-bond donors (Lipinski definition) is 2. The number of carbonyl (C=O) groups excluding carboxylic acids is 1. The first-order valence-electron chi connectivity index (χ1n) is 7.38. The predicted octanol–water partition coefficient (Wildman–Crippen LogP) is 3.68. The van der Waals surface area contributed by atoms with Crippen molar-refractivity contribution in [2.75, 3.05) is 0 Å². The minimum atomic E-state index is -0.112. The molecule has 22 heavy (non-hydrogen) atoms. The second-order valence-corrected chi connectivity index (χ2v) is 6.52. The van der Waals surface area contributed by atoms with Crippen molar-refractivity contribution in [1.29, 1.82) is 0 Å². The van der Waals surface area contributed by atoms with Gasteiger partial charge in [0, 0.05) is 0 Å². The van der Waals surface area contributed by atoms with Crippen LogP contribution >= 0.6 is 11.3 Å². The Bertz CT molecular complexity index is 728. The number of benzene rings is 1. The second kappa shape index (κ2) is 6.32. The first-order chi connectivity index (χ1) is 10.6. The molecule has 0 fully saturated rings. The molecule has 0 spiro atoms. The maximum atomic E-state index is 12.3. The third-order valence-corrected chi connectivity index (χ3v) is 4.36. The zero-order chi connectivity index (χ0) is 15.5. The van der Waals surface area contributed by atoms with Crippen LogP contribution in [0.25, 0.3) is 11.0 Å². The van der Waals surface area contributed by atoms with Gasteiger partial charge in [-0.3, -0.25) is 4.79 Å². The van der Waals surface area contributed by atoms with Gasteiger partial charge >= 0.3 is 0 Å². The topological polar surface area (TPSA) is 57.8 Å². The van der Waals surface area contributed by atoms with E-state index in [1.54, 1.807) is 11.3 Å². The normalized spacial score (nSPS) is 12.7. The van der Waals surface area contributed by atoms with E-state index in [9.17, 15) is 4.79 Å². The molecule has 0 bridgehead atoms. The van der Waals surface area contributed by atoms with Crippen LogP contribution in [0.5, 0.6) is 0 Å². The van der Waals surface area contributed by atoms with Gasteiger partial charge in [-0.25, -0.2) is 4.98 Å². The summed E-state index contributed by atoms with van der Waals surface area (Å²) >= 11 is 1.61. The number of thiophene rings is 1. The lowest BCUT2D eigenvalue weighted by Gasteiger charge is -2.20. The summed E-state index contributed by atoms with van der Waals surface area (Å²) in [7, 11) is 0. The third kappa shape index (κ3) is 3.20. The van der Waals surface area contributed by atoms with Crippen molar-refractivity contribution in [3.8, 4) is 0 Å². The zero-order valence-corrected chi connectivity index (χ0v) is 13.5. The smallest absolute Gasteiger partial charge is 0.225 e. The summed E-state index contributed by atoms with van der Waals surface area (Å²) in [5.74, 6) is 1.10. The highest BCUT2D eigenvalue weighted by molar-refractivity contribution is 7.07. The number of nitrogens with zero attached hydrogens (tertiary/aromatic N) is 1. The molecular weight excluding hydrogens is 294 g/mol. The molecule has 0 aliphatic carbocycles. The van der Waals surface area contributed by atoms with E-state index in [-0.39, 0.29) is 17.9 Å². The van der Waals surface area contributed by atoms with Crippen molar-refractivity contribution < 1.29 is 4.79 Å². The number of carbonyl (C=O) groups is 1. The van der Waals surface area contributed by atoms with E-state index in [0.717, 1.165) is 22.4 Å². The summed E-state index contributed by atoms with van der Waals surface area (Å²) in [5.41, 5.74) is 2.97. The Morgan fingerprint density at radius 1 is 1.32 bits per heavy atom. The largest absolute Gasteiger partial charge is 0.346 e. The van der Waals surface area contributed by atoms with E-state index >= 15 is 0 Å². The molecule has 1 amide bonds. The van der Waals surface area contributed by atoms with Crippen LogP contribution in [0.15, 0.2) is 41.1 Å². The molecule has 0 aliphatic heterocycles. The fraction of sp³-hybridized carbons (Fsp3) is 0.294. The van der Waals surface area contributed by atoms with Gasteiger partial charge in [0.2, 0.25) is 5.91 Å². The Hall–Kier alpha value is -2.14. The van der Waals surface area contributed by atoms with Crippen LogP contribution in [0.3, 0.4) is 0 Å². The highest BCUT2D eigenvalue weighted by atomic mass is 32.1. The van der Waals surface area contributed by atoms with Gasteiger partial charge in [-0.05, 0) is 40.4 Å². The van der Waals surface area contributed by atoms with Gasteiger partial charge in [-0.15, -0.1) is 0 Å². The molecule has 2 N–H and O–H groups in total. The highest BCUT2D eigenvalue weighted by Crippen LogP contribution is 2.22. The van der Waals surface area contributed by atoms with Crippen LogP contribution in [0.2, 0.25) is 0 Å². The van der Waals surface area contributed by atoms with Crippen LogP contribution in [0, 0.1) is 5.92 Å². The predicted molar refractivity (Wildman–Crippen MR) is 89.8 cm³/mol. The standard InChI is InChI=1S/C17H19N3OS/c1-11(2)16(20-15(21)9-12-7-8-22-10-12)17-18-13-5-3-4-6-14(13)19-17/h3-8,10-11,16H,9H2,1-2H3,(H,18,19)(H,20,21). The number of rotatable bonds is 5. The Morgan fingerprint density at radius 3 is 2.82 bits per heavy atom. The van der Waals surface area contributed by atoms with Gasteiger partial charge in [0.1, 0.15) is 5.82 Å². The molecule has 2 heterocycles. The molecule has 1 aromatic carbocycles. The summed E-state index contributed by atoms with van der Waals surface area (Å²) in [6.07, 6.45) is 0.410. The fourth-order valence-electron chi connectivity index (χ4n) is 2.47. The number of nitrogens with one attached hydrogen (secondary N) is 2. The zero-order valence-electron chi connectivity index (χ0n) is 12.7. The van der Waals surface area contributed by atoms with Gasteiger partial charge in [0.15, 0.2) is 0 Å². The SMILES string of the molecule is CC(C)C(NC(=O)Cc1ccsc1)c1nc2ccccc2[nH]1. The molecule has 5 heteroatoms. The molecule has 0 saturated carbocycles. The van der Waals surface area contributed by atoms with E-state index in [2.05, 4.69) is 29.1 Å². The van der Waals surface area contributed by atoms with Gasteiger partial charge in [-0.1, -0.05) is 26.0 Å². The molecule has 4 nitrogen and oxygen atoms in total. The molecular formula is C17H19N3OS. The Kier molecular flexibility index (Phi) is 4.24. The summed E-state index contributed by atoms with van der Waals surface area (Å²) < 4.78 is 0. The van der Waals surface area contributed by atoms with Crippen molar-refractivity contribution in [1.82, 2.24) is 15.3 Å². The van der Waals surface area contributed by atoms with E-state index in [1.807, 2.05) is 41.1 Å². The van der Waals surface area contributed by atoms with Crippen molar-refractivity contribution in [3.05, 3.63) is 52.5 Å². The first kappa shape index (κ1) is 14.8. The average molecular weight is 313 g/mol. The lowest BCUT2D eigenvalue weighted by atomic mass is 10.0. The molecule has 1 atom stereocenters. The monoisotopic (exact) mass is 313 g/mol. The Labute approximate surface area is 133 Å². The van der Waals surface area contributed by atoms with Gasteiger partial charge in [0.25, 0.3) is 0 Å². The van der Waals surface area contributed by atoms with Crippen LogP contribution in [-0.4, -0.2) is 15.9 Å². The summed E-state index contributed by atoms with van der Waals surface area (Å²) in [4.78, 5) is 20.2. The molecule has 3 rings (SSSR count). The van der Waals surface area contributed by atoms with Crippen molar-refractivity contribution in [3.63, 3.8) is 0 Å². The quantitative estimate of drug-likeness (QED) is 0.755. The van der Waals surface area contributed by atoms with E-state index < -0.39 is 0 Å². The second-order valence-electron chi connectivity index (χ2n) is 5.74. The molecule has 0 radical (unpaired) electrons. The van der Waals surface area contributed by atoms with E-state index in [1.165, 1.54) is 0 Å². The number of aromatic amines is 1. The minimum absolute atomic E-state index is 0.0255. The van der Waals surface area contributed by atoms with Crippen molar-refractivity contribution in [2.45, 2.75) is 26.3 Å².